The van der Waals surface area contributed by atoms with Gasteiger partial charge in [0.15, 0.2) is 0 Å². The van der Waals surface area contributed by atoms with Crippen LogP contribution in [0.3, 0.4) is 0 Å². The van der Waals surface area contributed by atoms with Gasteiger partial charge in [0.1, 0.15) is 24.2 Å². The largest absolute Gasteiger partial charge is 0.480 e. The molecule has 33 heavy (non-hydrogen) atoms. The van der Waals surface area contributed by atoms with Crippen molar-refractivity contribution in [3.63, 3.8) is 0 Å². The van der Waals surface area contributed by atoms with Gasteiger partial charge in [-0.15, -0.1) is 0 Å². The van der Waals surface area contributed by atoms with Crippen molar-refractivity contribution in [2.24, 2.45) is 5.73 Å². The van der Waals surface area contributed by atoms with Gasteiger partial charge in [-0.25, -0.2) is 0 Å². The molecule has 2 aliphatic heterocycles. The van der Waals surface area contributed by atoms with Crippen LogP contribution in [0.2, 0.25) is 0 Å². The van der Waals surface area contributed by atoms with Crippen LogP contribution >= 0.6 is 0 Å². The highest BCUT2D eigenvalue weighted by molar-refractivity contribution is 5.95. The summed E-state index contributed by atoms with van der Waals surface area (Å²) in [6.45, 7) is 2.95. The van der Waals surface area contributed by atoms with Gasteiger partial charge < -0.3 is 36.6 Å². The van der Waals surface area contributed by atoms with E-state index in [1.165, 1.54) is 23.6 Å². The summed E-state index contributed by atoms with van der Waals surface area (Å²) in [5, 5.41) is 16.3. The van der Waals surface area contributed by atoms with Gasteiger partial charge in [0.25, 0.3) is 0 Å². The SMILES string of the molecule is C[C@H](NC(=O)[C@@H]1CCCN1C(=O)CNC(=O)[C@H](C)NC(=O)[C@@H]1CCCN1C(=O)CN)C(=O)O. The molecule has 2 rings (SSSR count). The molecule has 13 nitrogen and oxygen atoms in total. The van der Waals surface area contributed by atoms with Gasteiger partial charge in [-0.1, -0.05) is 0 Å². The quantitative estimate of drug-likeness (QED) is 0.238. The van der Waals surface area contributed by atoms with Gasteiger partial charge in [-0.05, 0) is 39.5 Å². The second-order valence-electron chi connectivity index (χ2n) is 8.21. The van der Waals surface area contributed by atoms with Crippen molar-refractivity contribution in [3.05, 3.63) is 0 Å². The predicted molar refractivity (Wildman–Crippen MR) is 114 cm³/mol. The fraction of sp³-hybridized carbons (Fsp3) is 0.700. The van der Waals surface area contributed by atoms with Gasteiger partial charge in [0, 0.05) is 13.1 Å². The summed E-state index contributed by atoms with van der Waals surface area (Å²) in [6, 6.07) is -3.53. The number of amides is 5. The third-order valence-electron chi connectivity index (χ3n) is 5.82. The van der Waals surface area contributed by atoms with Crippen molar-refractivity contribution < 1.29 is 33.9 Å². The number of likely N-dealkylation sites (tertiary alicyclic amines) is 2. The number of aliphatic carboxylic acids is 1. The molecule has 5 amide bonds. The molecule has 0 unspecified atom stereocenters. The van der Waals surface area contributed by atoms with Crippen LogP contribution in [0, 0.1) is 0 Å². The molecule has 0 aliphatic carbocycles. The molecular weight excluding hydrogens is 436 g/mol. The van der Waals surface area contributed by atoms with Crippen molar-refractivity contribution in [3.8, 4) is 0 Å². The number of nitrogens with zero attached hydrogens (tertiary/aromatic N) is 2. The van der Waals surface area contributed by atoms with E-state index in [9.17, 15) is 28.8 Å². The second kappa shape index (κ2) is 11.6. The summed E-state index contributed by atoms with van der Waals surface area (Å²) in [5.41, 5.74) is 5.37. The highest BCUT2D eigenvalue weighted by atomic mass is 16.4. The maximum atomic E-state index is 12.6. The molecule has 0 aromatic heterocycles. The molecule has 13 heteroatoms. The summed E-state index contributed by atoms with van der Waals surface area (Å²) in [5.74, 6) is -3.62. The van der Waals surface area contributed by atoms with E-state index >= 15 is 0 Å². The van der Waals surface area contributed by atoms with Crippen molar-refractivity contribution >= 4 is 35.5 Å². The van der Waals surface area contributed by atoms with Crippen molar-refractivity contribution in [2.45, 2.75) is 63.7 Å². The van der Waals surface area contributed by atoms with E-state index in [1.807, 2.05) is 0 Å². The second-order valence-corrected chi connectivity index (χ2v) is 8.21. The van der Waals surface area contributed by atoms with Crippen LogP contribution in [0.5, 0.6) is 0 Å². The maximum Gasteiger partial charge on any atom is 0.325 e. The summed E-state index contributed by atoms with van der Waals surface area (Å²) in [7, 11) is 0. The maximum absolute atomic E-state index is 12.6. The summed E-state index contributed by atoms with van der Waals surface area (Å²) in [4.78, 5) is 75.3. The Hall–Kier alpha value is -3.22. The van der Waals surface area contributed by atoms with Gasteiger partial charge in [-0.3, -0.25) is 28.8 Å². The number of rotatable bonds is 9. The van der Waals surface area contributed by atoms with E-state index in [1.54, 1.807) is 0 Å². The smallest absolute Gasteiger partial charge is 0.325 e. The highest BCUT2D eigenvalue weighted by Crippen LogP contribution is 2.18. The van der Waals surface area contributed by atoms with Gasteiger partial charge >= 0.3 is 5.97 Å². The summed E-state index contributed by atoms with van der Waals surface area (Å²) >= 11 is 0. The zero-order valence-corrected chi connectivity index (χ0v) is 18.8. The van der Waals surface area contributed by atoms with Gasteiger partial charge in [0.05, 0.1) is 13.1 Å². The fourth-order valence-electron chi connectivity index (χ4n) is 3.96. The van der Waals surface area contributed by atoms with Crippen molar-refractivity contribution in [2.75, 3.05) is 26.2 Å². The number of carboxylic acid groups (broad SMARTS) is 1. The summed E-state index contributed by atoms with van der Waals surface area (Å²) < 4.78 is 0. The number of carbonyl (C=O) groups is 6. The molecule has 2 heterocycles. The van der Waals surface area contributed by atoms with E-state index in [4.69, 9.17) is 10.8 Å². The zero-order chi connectivity index (χ0) is 24.7. The Morgan fingerprint density at radius 1 is 0.879 bits per heavy atom. The van der Waals surface area contributed by atoms with Gasteiger partial charge in [0.2, 0.25) is 29.5 Å². The molecule has 2 saturated heterocycles. The Labute approximate surface area is 191 Å². The first-order chi connectivity index (χ1) is 15.6. The van der Waals surface area contributed by atoms with Gasteiger partial charge in [-0.2, -0.15) is 0 Å². The highest BCUT2D eigenvalue weighted by Gasteiger charge is 2.36. The standard InChI is InChI=1S/C20H32N6O7/c1-11(23-18(30)13-5-3-7-25(13)15(27)9-21)17(29)22-10-16(28)26-8-4-6-14(26)19(31)24-12(2)20(32)33/h11-14H,3-10,21H2,1-2H3,(H,22,29)(H,23,30)(H,24,31)(H,32,33)/t11-,12-,13-,14-/m0/s1. The van der Waals surface area contributed by atoms with Crippen LogP contribution < -0.4 is 21.7 Å². The van der Waals surface area contributed by atoms with E-state index in [0.717, 1.165) is 0 Å². The van der Waals surface area contributed by atoms with Crippen LogP contribution in [0.4, 0.5) is 0 Å². The van der Waals surface area contributed by atoms with Crippen molar-refractivity contribution in [1.29, 1.82) is 0 Å². The van der Waals surface area contributed by atoms with Crippen LogP contribution in [0.15, 0.2) is 0 Å². The van der Waals surface area contributed by atoms with Crippen LogP contribution in [0.25, 0.3) is 0 Å². The number of nitrogens with one attached hydrogen (secondary N) is 3. The lowest BCUT2D eigenvalue weighted by atomic mass is 10.2. The molecule has 0 spiro atoms. The Morgan fingerprint density at radius 2 is 1.36 bits per heavy atom. The number of nitrogens with two attached hydrogens (primary N) is 1. The summed E-state index contributed by atoms with van der Waals surface area (Å²) in [6.07, 6.45) is 2.10. The van der Waals surface area contributed by atoms with Crippen LogP contribution in [-0.2, 0) is 28.8 Å². The predicted octanol–water partition coefficient (Wildman–Crippen LogP) is -2.86. The molecule has 0 bridgehead atoms. The first-order valence-corrected chi connectivity index (χ1v) is 11.0. The third kappa shape index (κ3) is 6.63. The number of carboxylic acids is 1. The third-order valence-corrected chi connectivity index (χ3v) is 5.82. The minimum Gasteiger partial charge on any atom is -0.480 e. The molecule has 0 aromatic rings. The monoisotopic (exact) mass is 468 g/mol. The molecule has 4 atom stereocenters. The van der Waals surface area contributed by atoms with Crippen molar-refractivity contribution in [1.82, 2.24) is 25.8 Å². The first kappa shape index (κ1) is 26.0. The molecular formula is C20H32N6O7. The number of hydrogen-bond acceptors (Lipinski definition) is 7. The molecule has 6 N–H and O–H groups in total. The average molecular weight is 469 g/mol. The van der Waals surface area contributed by atoms with E-state index in [0.29, 0.717) is 38.8 Å². The molecule has 0 radical (unpaired) electrons. The molecule has 184 valence electrons. The van der Waals surface area contributed by atoms with E-state index in [2.05, 4.69) is 16.0 Å². The van der Waals surface area contributed by atoms with E-state index in [-0.39, 0.29) is 19.0 Å². The minimum atomic E-state index is -1.18. The lowest BCUT2D eigenvalue weighted by Gasteiger charge is -2.26. The van der Waals surface area contributed by atoms with Crippen LogP contribution in [0.1, 0.15) is 39.5 Å². The Balaban J connectivity index is 1.84. The minimum absolute atomic E-state index is 0.202. The molecule has 2 aliphatic rings. The zero-order valence-electron chi connectivity index (χ0n) is 18.8. The fourth-order valence-corrected chi connectivity index (χ4v) is 3.96. The lowest BCUT2D eigenvalue weighted by molar-refractivity contribution is -0.143. The molecule has 0 saturated carbocycles. The Bertz CT molecular complexity index is 804. The normalized spacial score (nSPS) is 21.8. The molecule has 0 aromatic carbocycles. The Morgan fingerprint density at radius 3 is 1.85 bits per heavy atom. The Kier molecular flexibility index (Phi) is 9.14. The topological polar surface area (TPSA) is 191 Å². The molecule has 2 fully saturated rings. The number of carbonyl (C=O) groups excluding carboxylic acids is 5. The average Bonchev–Trinajstić information content (AvgIpc) is 3.46. The van der Waals surface area contributed by atoms with Crippen LogP contribution in [-0.4, -0.2) is 101 Å². The first-order valence-electron chi connectivity index (χ1n) is 11.0. The number of hydrogen-bond donors (Lipinski definition) is 5. The lowest BCUT2D eigenvalue weighted by Crippen LogP contribution is -2.54. The van der Waals surface area contributed by atoms with E-state index < -0.39 is 53.8 Å².